The van der Waals surface area contributed by atoms with Gasteiger partial charge in [0, 0.05) is 0 Å². The summed E-state index contributed by atoms with van der Waals surface area (Å²) in [5.41, 5.74) is 3.28. The largest absolute Gasteiger partial charge is 0.433 e. The number of halogens is 1. The lowest BCUT2D eigenvalue weighted by molar-refractivity contribution is -0.402. The van der Waals surface area contributed by atoms with Crippen LogP contribution in [-0.2, 0) is 0 Å². The maximum atomic E-state index is 12.8. The first kappa shape index (κ1) is 14.4. The highest BCUT2D eigenvalue weighted by Crippen LogP contribution is 2.15. The smallest absolute Gasteiger partial charge is 0.395 e. The molecule has 1 aromatic heterocycles. The Morgan fingerprint density at radius 2 is 1.95 bits per heavy atom. The van der Waals surface area contributed by atoms with E-state index >= 15 is 0 Å². The number of carbonyl (C=O) groups is 1. The molecule has 0 aliphatic carbocycles. The van der Waals surface area contributed by atoms with Gasteiger partial charge < -0.3 is 4.42 Å². The third-order valence-corrected chi connectivity index (χ3v) is 2.58. The highest BCUT2D eigenvalue weighted by Gasteiger charge is 2.16. The van der Waals surface area contributed by atoms with E-state index in [0.29, 0.717) is 11.3 Å². The van der Waals surface area contributed by atoms with Gasteiger partial charge in [-0.3, -0.25) is 14.9 Å². The summed E-state index contributed by atoms with van der Waals surface area (Å²) in [4.78, 5) is 21.4. The van der Waals surface area contributed by atoms with E-state index in [4.69, 9.17) is 4.42 Å². The van der Waals surface area contributed by atoms with Crippen LogP contribution in [-0.4, -0.2) is 16.5 Å². The Morgan fingerprint density at radius 3 is 2.52 bits per heavy atom. The summed E-state index contributed by atoms with van der Waals surface area (Å²) in [6.45, 7) is 1.62. The van der Waals surface area contributed by atoms with Gasteiger partial charge in [0.2, 0.25) is 5.76 Å². The summed E-state index contributed by atoms with van der Waals surface area (Å²) in [5, 5.41) is 14.3. The number of furan rings is 1. The summed E-state index contributed by atoms with van der Waals surface area (Å²) >= 11 is 0. The van der Waals surface area contributed by atoms with Crippen LogP contribution >= 0.6 is 0 Å². The van der Waals surface area contributed by atoms with Crippen molar-refractivity contribution in [2.24, 2.45) is 5.10 Å². The highest BCUT2D eigenvalue weighted by atomic mass is 19.1. The van der Waals surface area contributed by atoms with E-state index in [9.17, 15) is 19.3 Å². The maximum absolute atomic E-state index is 12.8. The van der Waals surface area contributed by atoms with Gasteiger partial charge in [-0.25, -0.2) is 9.82 Å². The van der Waals surface area contributed by atoms with E-state index in [-0.39, 0.29) is 11.6 Å². The minimum Gasteiger partial charge on any atom is -0.395 e. The third kappa shape index (κ3) is 3.50. The third-order valence-electron chi connectivity index (χ3n) is 2.58. The van der Waals surface area contributed by atoms with Crippen LogP contribution in [0.5, 0.6) is 0 Å². The van der Waals surface area contributed by atoms with E-state index in [2.05, 4.69) is 10.5 Å². The molecule has 0 fully saturated rings. The Kier molecular flexibility index (Phi) is 4.07. The number of hydrogen-bond donors (Lipinski definition) is 1. The Hall–Kier alpha value is -3.03. The maximum Gasteiger partial charge on any atom is 0.433 e. The number of amides is 1. The Morgan fingerprint density at radius 1 is 1.29 bits per heavy atom. The zero-order valence-corrected chi connectivity index (χ0v) is 10.9. The predicted molar refractivity (Wildman–Crippen MR) is 71.4 cm³/mol. The molecular formula is C13H10FN3O4. The van der Waals surface area contributed by atoms with Crippen molar-refractivity contribution in [1.82, 2.24) is 5.43 Å². The molecule has 2 aromatic rings. The number of nitrogens with one attached hydrogen (secondary N) is 1. The molecule has 1 heterocycles. The molecule has 0 spiro atoms. The van der Waals surface area contributed by atoms with Crippen molar-refractivity contribution in [3.8, 4) is 0 Å². The second-order valence-electron chi connectivity index (χ2n) is 4.04. The average molecular weight is 291 g/mol. The average Bonchev–Trinajstić information content (AvgIpc) is 2.95. The first-order chi connectivity index (χ1) is 9.97. The van der Waals surface area contributed by atoms with Crippen molar-refractivity contribution in [3.05, 3.63) is 63.7 Å². The monoisotopic (exact) mass is 291 g/mol. The van der Waals surface area contributed by atoms with Gasteiger partial charge in [0.05, 0.1) is 11.8 Å². The van der Waals surface area contributed by atoms with Crippen molar-refractivity contribution in [2.75, 3.05) is 0 Å². The molecule has 0 radical (unpaired) electrons. The Bertz CT molecular complexity index is 706. The zero-order valence-electron chi connectivity index (χ0n) is 10.9. The van der Waals surface area contributed by atoms with Crippen LogP contribution in [0.4, 0.5) is 10.3 Å². The molecule has 8 heteroatoms. The normalized spacial score (nSPS) is 11.2. The van der Waals surface area contributed by atoms with E-state index in [1.165, 1.54) is 30.3 Å². The van der Waals surface area contributed by atoms with E-state index in [0.717, 1.165) is 6.07 Å². The SMILES string of the molecule is C/C(=N/NC(=O)c1ccc([N+](=O)[O-])o1)c1ccc(F)cc1. The van der Waals surface area contributed by atoms with Gasteiger partial charge in [-0.2, -0.15) is 5.10 Å². The quantitative estimate of drug-likeness (QED) is 0.531. The van der Waals surface area contributed by atoms with Crippen LogP contribution in [0.15, 0.2) is 45.9 Å². The van der Waals surface area contributed by atoms with Crippen molar-refractivity contribution in [2.45, 2.75) is 6.92 Å². The molecule has 108 valence electrons. The van der Waals surface area contributed by atoms with Crippen LogP contribution in [0.1, 0.15) is 23.0 Å². The standard InChI is InChI=1S/C13H10FN3O4/c1-8(9-2-4-10(14)5-3-9)15-16-13(18)11-6-7-12(21-11)17(19)20/h2-7H,1H3,(H,16,18)/b15-8-. The fraction of sp³-hybridized carbons (Fsp3) is 0.0769. The summed E-state index contributed by atoms with van der Waals surface area (Å²) in [7, 11) is 0. The van der Waals surface area contributed by atoms with Gasteiger partial charge in [0.1, 0.15) is 10.7 Å². The minimum atomic E-state index is -0.746. The summed E-state index contributed by atoms with van der Waals surface area (Å²) < 4.78 is 17.5. The molecule has 1 amide bonds. The van der Waals surface area contributed by atoms with E-state index < -0.39 is 16.7 Å². The lowest BCUT2D eigenvalue weighted by atomic mass is 10.1. The summed E-state index contributed by atoms with van der Waals surface area (Å²) in [6.07, 6.45) is 0. The molecule has 0 unspecified atom stereocenters. The molecule has 2 rings (SSSR count). The second kappa shape index (κ2) is 5.95. The molecule has 0 saturated carbocycles. The van der Waals surface area contributed by atoms with Gasteiger partial charge in [-0.05, 0) is 30.7 Å². The number of carbonyl (C=O) groups excluding carboxylic acids is 1. The minimum absolute atomic E-state index is 0.225. The van der Waals surface area contributed by atoms with Crippen LogP contribution in [0, 0.1) is 15.9 Å². The van der Waals surface area contributed by atoms with Gasteiger partial charge in [0.15, 0.2) is 0 Å². The van der Waals surface area contributed by atoms with Crippen molar-refractivity contribution >= 4 is 17.5 Å². The molecule has 21 heavy (non-hydrogen) atoms. The van der Waals surface area contributed by atoms with Gasteiger partial charge >= 0.3 is 11.8 Å². The van der Waals surface area contributed by atoms with Crippen LogP contribution in [0.2, 0.25) is 0 Å². The van der Waals surface area contributed by atoms with Crippen LogP contribution in [0.25, 0.3) is 0 Å². The topological polar surface area (TPSA) is 97.7 Å². The van der Waals surface area contributed by atoms with Crippen molar-refractivity contribution in [1.29, 1.82) is 0 Å². The van der Waals surface area contributed by atoms with Crippen LogP contribution < -0.4 is 5.43 Å². The van der Waals surface area contributed by atoms with Crippen LogP contribution in [0.3, 0.4) is 0 Å². The number of nitrogens with zero attached hydrogens (tertiary/aromatic N) is 2. The molecule has 0 bridgehead atoms. The zero-order chi connectivity index (χ0) is 15.4. The van der Waals surface area contributed by atoms with Gasteiger partial charge in [-0.1, -0.05) is 12.1 Å². The predicted octanol–water partition coefficient (Wildman–Crippen LogP) is 2.48. The van der Waals surface area contributed by atoms with Gasteiger partial charge in [-0.15, -0.1) is 0 Å². The van der Waals surface area contributed by atoms with Crippen molar-refractivity contribution < 1.29 is 18.5 Å². The molecule has 0 saturated heterocycles. The fourth-order valence-electron chi connectivity index (χ4n) is 1.49. The highest BCUT2D eigenvalue weighted by molar-refractivity contribution is 6.00. The molecule has 0 aliphatic rings. The van der Waals surface area contributed by atoms with Gasteiger partial charge in [0.25, 0.3) is 0 Å². The summed E-state index contributed by atoms with van der Waals surface area (Å²) in [6, 6.07) is 7.82. The molecule has 0 aliphatic heterocycles. The first-order valence-electron chi connectivity index (χ1n) is 5.82. The van der Waals surface area contributed by atoms with E-state index in [1.807, 2.05) is 0 Å². The lowest BCUT2D eigenvalue weighted by Gasteiger charge is -2.01. The number of rotatable bonds is 4. The molecule has 0 atom stereocenters. The molecule has 7 nitrogen and oxygen atoms in total. The first-order valence-corrected chi connectivity index (χ1v) is 5.82. The lowest BCUT2D eigenvalue weighted by Crippen LogP contribution is -2.18. The molecular weight excluding hydrogens is 281 g/mol. The molecule has 1 N–H and O–H groups in total. The number of hydrazone groups is 1. The Labute approximate surface area is 118 Å². The number of benzene rings is 1. The molecule has 1 aromatic carbocycles. The fourth-order valence-corrected chi connectivity index (χ4v) is 1.49. The summed E-state index contributed by atoms with van der Waals surface area (Å²) in [5.74, 6) is -1.85. The van der Waals surface area contributed by atoms with Crippen molar-refractivity contribution in [3.63, 3.8) is 0 Å². The number of hydrogen-bond acceptors (Lipinski definition) is 5. The van der Waals surface area contributed by atoms with E-state index in [1.54, 1.807) is 6.92 Å². The number of nitro groups is 1. The Balaban J connectivity index is 2.06. The second-order valence-corrected chi connectivity index (χ2v) is 4.04.